The van der Waals surface area contributed by atoms with E-state index >= 15 is 0 Å². The van der Waals surface area contributed by atoms with E-state index in [-0.39, 0.29) is 17.1 Å². The van der Waals surface area contributed by atoms with Gasteiger partial charge in [0.25, 0.3) is 0 Å². The van der Waals surface area contributed by atoms with Crippen LogP contribution in [0, 0.1) is 34.5 Å². The van der Waals surface area contributed by atoms with Gasteiger partial charge in [-0.05, 0) is 106 Å². The van der Waals surface area contributed by atoms with Crippen molar-refractivity contribution >= 4 is 11.9 Å². The molecular formula is C28H44N2O4. The number of hydrogen-bond acceptors (Lipinski definition) is 5. The predicted molar refractivity (Wildman–Crippen MR) is 129 cm³/mol. The van der Waals surface area contributed by atoms with Crippen LogP contribution < -0.4 is 0 Å². The number of carbonyl (C=O) groups is 2. The van der Waals surface area contributed by atoms with Crippen molar-refractivity contribution in [3.8, 4) is 0 Å². The van der Waals surface area contributed by atoms with E-state index in [0.29, 0.717) is 54.5 Å². The third-order valence-corrected chi connectivity index (χ3v) is 11.7. The molecule has 1 N–H and O–H groups in total. The van der Waals surface area contributed by atoms with Gasteiger partial charge in [-0.3, -0.25) is 4.79 Å². The SMILES string of the molecule is C[C@]12CC[C@@]3(C[C@@H]1CC[C@@H]1[C@@H]2CC[C@]2(C)C(=O)CC[C@@H]12)CN(CC(O)CN1CCCC1)C(=O)O3. The summed E-state index contributed by atoms with van der Waals surface area (Å²) in [6.07, 6.45) is 11.3. The molecular weight excluding hydrogens is 428 g/mol. The van der Waals surface area contributed by atoms with Crippen molar-refractivity contribution < 1.29 is 19.4 Å². The quantitative estimate of drug-likeness (QED) is 0.663. The summed E-state index contributed by atoms with van der Waals surface area (Å²) in [4.78, 5) is 29.6. The first-order chi connectivity index (χ1) is 16.2. The zero-order valence-electron chi connectivity index (χ0n) is 21.3. The van der Waals surface area contributed by atoms with Crippen LogP contribution in [-0.2, 0) is 9.53 Å². The molecule has 4 saturated carbocycles. The van der Waals surface area contributed by atoms with Gasteiger partial charge in [-0.2, -0.15) is 0 Å². The number of likely N-dealkylation sites (tertiary alicyclic amines) is 1. The van der Waals surface area contributed by atoms with Crippen LogP contribution in [-0.4, -0.2) is 71.2 Å². The number of hydrogen-bond donors (Lipinski definition) is 1. The standard InChI is InChI=1S/C28H44N2O4/c1-26-11-12-28(18-30(25(33)34-28)17-20(31)16-29-13-3-4-14-29)15-19(26)5-6-21-22-7-8-24(32)27(22,2)10-9-23(21)26/h19-23,31H,3-18H2,1-2H3/t19-,20?,21-,22-,23-,26-,27-,28+/m0/s1. The number of aliphatic hydroxyl groups excluding tert-OH is 1. The molecule has 0 radical (unpaired) electrons. The minimum absolute atomic E-state index is 0.0579. The highest BCUT2D eigenvalue weighted by atomic mass is 16.6. The van der Waals surface area contributed by atoms with E-state index in [1.54, 1.807) is 4.90 Å². The molecule has 1 amide bonds. The Labute approximate surface area is 204 Å². The number of fused-ring (bicyclic) bond motifs is 5. The zero-order chi connectivity index (χ0) is 23.7. The van der Waals surface area contributed by atoms with Crippen LogP contribution >= 0.6 is 0 Å². The Morgan fingerprint density at radius 3 is 2.59 bits per heavy atom. The number of Topliss-reactive ketones (excluding diaryl/α,β-unsaturated/α-hetero) is 1. The van der Waals surface area contributed by atoms with Crippen LogP contribution in [0.25, 0.3) is 0 Å². The average Bonchev–Trinajstić information content (AvgIpc) is 3.48. The molecule has 0 bridgehead atoms. The molecule has 6 heteroatoms. The first-order valence-electron chi connectivity index (χ1n) is 14.1. The molecule has 6 nitrogen and oxygen atoms in total. The lowest BCUT2D eigenvalue weighted by Gasteiger charge is -2.61. The van der Waals surface area contributed by atoms with E-state index in [9.17, 15) is 14.7 Å². The Morgan fingerprint density at radius 1 is 1.00 bits per heavy atom. The maximum atomic E-state index is 12.8. The molecule has 4 aliphatic carbocycles. The smallest absolute Gasteiger partial charge is 0.410 e. The van der Waals surface area contributed by atoms with Gasteiger partial charge in [-0.15, -0.1) is 0 Å². The van der Waals surface area contributed by atoms with Crippen molar-refractivity contribution in [1.82, 2.24) is 9.80 Å². The minimum atomic E-state index is -0.504. The number of amides is 1. The number of carbonyl (C=O) groups excluding carboxylic acids is 2. The van der Waals surface area contributed by atoms with E-state index in [4.69, 9.17) is 4.74 Å². The highest BCUT2D eigenvalue weighted by molar-refractivity contribution is 5.87. The first kappa shape index (κ1) is 23.3. The van der Waals surface area contributed by atoms with Crippen LogP contribution in [0.15, 0.2) is 0 Å². The lowest BCUT2D eigenvalue weighted by Crippen LogP contribution is -2.56. The molecule has 1 spiro atoms. The van der Waals surface area contributed by atoms with E-state index < -0.39 is 6.10 Å². The van der Waals surface area contributed by atoms with Crippen LogP contribution in [0.1, 0.15) is 84.5 Å². The number of ketones is 1. The molecule has 6 fully saturated rings. The summed E-state index contributed by atoms with van der Waals surface area (Å²) >= 11 is 0. The van der Waals surface area contributed by atoms with Gasteiger partial charge >= 0.3 is 6.09 Å². The van der Waals surface area contributed by atoms with E-state index in [0.717, 1.165) is 51.6 Å². The van der Waals surface area contributed by atoms with Gasteiger partial charge in [-0.1, -0.05) is 13.8 Å². The van der Waals surface area contributed by atoms with Crippen molar-refractivity contribution in [3.05, 3.63) is 0 Å². The fraction of sp³-hybridized carbons (Fsp3) is 0.929. The third-order valence-electron chi connectivity index (χ3n) is 11.7. The van der Waals surface area contributed by atoms with E-state index in [2.05, 4.69) is 18.7 Å². The van der Waals surface area contributed by atoms with Gasteiger partial charge in [0, 0.05) is 18.4 Å². The maximum Gasteiger partial charge on any atom is 0.410 e. The van der Waals surface area contributed by atoms with Crippen molar-refractivity contribution in [2.45, 2.75) is 96.2 Å². The topological polar surface area (TPSA) is 70.1 Å². The number of β-amino-alcohol motifs (C(OH)–C–C–N with tert-alkyl or cyclic N) is 1. The molecule has 6 aliphatic rings. The summed E-state index contributed by atoms with van der Waals surface area (Å²) in [7, 11) is 0. The third kappa shape index (κ3) is 3.56. The van der Waals surface area contributed by atoms with Gasteiger partial charge in [0.1, 0.15) is 11.4 Å². The second-order valence-electron chi connectivity index (χ2n) is 13.4. The molecule has 34 heavy (non-hydrogen) atoms. The highest BCUT2D eigenvalue weighted by Crippen LogP contribution is 2.66. The van der Waals surface area contributed by atoms with Gasteiger partial charge in [0.2, 0.25) is 0 Å². The van der Waals surface area contributed by atoms with Gasteiger partial charge in [0.05, 0.1) is 19.2 Å². The number of rotatable bonds is 4. The molecule has 2 aliphatic heterocycles. The Bertz CT molecular complexity index is 842. The molecule has 190 valence electrons. The average molecular weight is 473 g/mol. The fourth-order valence-corrected chi connectivity index (χ4v) is 9.72. The summed E-state index contributed by atoms with van der Waals surface area (Å²) in [5.41, 5.74) is -0.123. The largest absolute Gasteiger partial charge is 0.441 e. The second-order valence-corrected chi connectivity index (χ2v) is 13.4. The Balaban J connectivity index is 1.12. The maximum absolute atomic E-state index is 12.8. The van der Waals surface area contributed by atoms with Crippen molar-refractivity contribution in [2.24, 2.45) is 34.5 Å². The Kier molecular flexibility index (Phi) is 5.61. The van der Waals surface area contributed by atoms with Crippen molar-refractivity contribution in [2.75, 3.05) is 32.7 Å². The summed E-state index contributed by atoms with van der Waals surface area (Å²) in [5, 5.41) is 10.6. The lowest BCUT2D eigenvalue weighted by molar-refractivity contribution is -0.149. The Morgan fingerprint density at radius 2 is 1.79 bits per heavy atom. The van der Waals surface area contributed by atoms with Crippen LogP contribution in [0.3, 0.4) is 0 Å². The first-order valence-corrected chi connectivity index (χ1v) is 14.1. The molecule has 1 unspecified atom stereocenters. The minimum Gasteiger partial charge on any atom is -0.441 e. The number of ether oxygens (including phenoxy) is 1. The van der Waals surface area contributed by atoms with Crippen molar-refractivity contribution in [3.63, 3.8) is 0 Å². The van der Waals surface area contributed by atoms with Gasteiger partial charge in [0.15, 0.2) is 0 Å². The summed E-state index contributed by atoms with van der Waals surface area (Å²) in [6, 6.07) is 0. The number of aliphatic hydroxyl groups is 1. The summed E-state index contributed by atoms with van der Waals surface area (Å²) in [6.45, 7) is 8.58. The summed E-state index contributed by atoms with van der Waals surface area (Å²) < 4.78 is 6.12. The highest BCUT2D eigenvalue weighted by Gasteiger charge is 2.62. The Hall–Kier alpha value is -1.14. The fourth-order valence-electron chi connectivity index (χ4n) is 9.72. The van der Waals surface area contributed by atoms with Gasteiger partial charge in [-0.25, -0.2) is 4.79 Å². The normalized spacial score (nSPS) is 47.4. The molecule has 0 aromatic heterocycles. The molecule has 6 rings (SSSR count). The van der Waals surface area contributed by atoms with Gasteiger partial charge < -0.3 is 19.6 Å². The summed E-state index contributed by atoms with van der Waals surface area (Å²) in [5.74, 6) is 3.11. The molecule has 8 atom stereocenters. The molecule has 2 heterocycles. The van der Waals surface area contributed by atoms with E-state index in [1.807, 2.05) is 0 Å². The number of nitrogens with zero attached hydrogens (tertiary/aromatic N) is 2. The molecule has 0 aromatic carbocycles. The molecule has 2 saturated heterocycles. The molecule has 0 aromatic rings. The van der Waals surface area contributed by atoms with Crippen LogP contribution in [0.2, 0.25) is 0 Å². The predicted octanol–water partition coefficient (Wildman–Crippen LogP) is 4.25. The van der Waals surface area contributed by atoms with Crippen LogP contribution in [0.5, 0.6) is 0 Å². The van der Waals surface area contributed by atoms with Crippen LogP contribution in [0.4, 0.5) is 4.79 Å². The van der Waals surface area contributed by atoms with E-state index in [1.165, 1.54) is 32.1 Å². The monoisotopic (exact) mass is 472 g/mol. The zero-order valence-corrected chi connectivity index (χ0v) is 21.3. The lowest BCUT2D eigenvalue weighted by atomic mass is 9.44. The van der Waals surface area contributed by atoms with Crippen molar-refractivity contribution in [1.29, 1.82) is 0 Å². The second kappa shape index (κ2) is 8.19.